The summed E-state index contributed by atoms with van der Waals surface area (Å²) in [6, 6.07) is 15.3. The molecule has 0 aromatic heterocycles. The van der Waals surface area contributed by atoms with Gasteiger partial charge in [-0.05, 0) is 42.3 Å². The van der Waals surface area contributed by atoms with E-state index >= 15 is 0 Å². The molecule has 0 atom stereocenters. The number of benzene rings is 2. The zero-order chi connectivity index (χ0) is 12.8. The van der Waals surface area contributed by atoms with Crippen molar-refractivity contribution in [2.45, 2.75) is 33.2 Å². The highest BCUT2D eigenvalue weighted by molar-refractivity contribution is 5.85. The SMILES string of the molecule is CCCN(CCC)Cc1cccc2ccccc12. The lowest BCUT2D eigenvalue weighted by Crippen LogP contribution is -2.24. The fourth-order valence-electron chi connectivity index (χ4n) is 2.57. The van der Waals surface area contributed by atoms with Crippen LogP contribution in [-0.4, -0.2) is 18.0 Å². The molecule has 0 amide bonds. The smallest absolute Gasteiger partial charge is 0.0239 e. The molecule has 0 N–H and O–H groups in total. The van der Waals surface area contributed by atoms with Crippen LogP contribution in [0.1, 0.15) is 32.3 Å². The Balaban J connectivity index is 2.24. The molecule has 0 saturated heterocycles. The van der Waals surface area contributed by atoms with Crippen LogP contribution in [0.5, 0.6) is 0 Å². The van der Waals surface area contributed by atoms with E-state index in [0.29, 0.717) is 0 Å². The molecule has 0 aliphatic rings. The van der Waals surface area contributed by atoms with E-state index in [1.54, 1.807) is 0 Å². The van der Waals surface area contributed by atoms with Crippen molar-refractivity contribution in [1.82, 2.24) is 4.90 Å². The maximum absolute atomic E-state index is 2.56. The Morgan fingerprint density at radius 3 is 2.22 bits per heavy atom. The van der Waals surface area contributed by atoms with E-state index in [4.69, 9.17) is 0 Å². The fraction of sp³-hybridized carbons (Fsp3) is 0.412. The van der Waals surface area contributed by atoms with Gasteiger partial charge in [-0.15, -0.1) is 0 Å². The maximum Gasteiger partial charge on any atom is 0.0239 e. The molecule has 0 radical (unpaired) electrons. The Labute approximate surface area is 110 Å². The summed E-state index contributed by atoms with van der Waals surface area (Å²) in [6.07, 6.45) is 2.45. The van der Waals surface area contributed by atoms with Gasteiger partial charge in [0.25, 0.3) is 0 Å². The molecular formula is C17H23N. The Hall–Kier alpha value is -1.34. The molecular weight excluding hydrogens is 218 g/mol. The Bertz CT molecular complexity index is 478. The van der Waals surface area contributed by atoms with Crippen LogP contribution in [0.15, 0.2) is 42.5 Å². The molecule has 1 nitrogen and oxygen atoms in total. The molecule has 2 aromatic carbocycles. The van der Waals surface area contributed by atoms with E-state index < -0.39 is 0 Å². The summed E-state index contributed by atoms with van der Waals surface area (Å²) >= 11 is 0. The highest BCUT2D eigenvalue weighted by atomic mass is 15.1. The lowest BCUT2D eigenvalue weighted by Gasteiger charge is -2.21. The molecule has 0 unspecified atom stereocenters. The minimum atomic E-state index is 1.07. The van der Waals surface area contributed by atoms with Gasteiger partial charge in [0, 0.05) is 6.54 Å². The largest absolute Gasteiger partial charge is 0.299 e. The van der Waals surface area contributed by atoms with Gasteiger partial charge in [0.05, 0.1) is 0 Å². The molecule has 1 heteroatoms. The van der Waals surface area contributed by atoms with Crippen LogP contribution in [0.2, 0.25) is 0 Å². The summed E-state index contributed by atoms with van der Waals surface area (Å²) in [4.78, 5) is 2.56. The summed E-state index contributed by atoms with van der Waals surface area (Å²) < 4.78 is 0. The lowest BCUT2D eigenvalue weighted by molar-refractivity contribution is 0.267. The number of fused-ring (bicyclic) bond motifs is 1. The first kappa shape index (κ1) is 13.1. The van der Waals surface area contributed by atoms with Gasteiger partial charge in [0.1, 0.15) is 0 Å². The molecule has 0 fully saturated rings. The predicted molar refractivity (Wildman–Crippen MR) is 79.8 cm³/mol. The van der Waals surface area contributed by atoms with Gasteiger partial charge < -0.3 is 0 Å². The zero-order valence-electron chi connectivity index (χ0n) is 11.5. The third kappa shape index (κ3) is 3.11. The molecule has 0 aliphatic carbocycles. The summed E-state index contributed by atoms with van der Waals surface area (Å²) in [7, 11) is 0. The van der Waals surface area contributed by atoms with E-state index in [-0.39, 0.29) is 0 Å². The first-order valence-electron chi connectivity index (χ1n) is 7.04. The van der Waals surface area contributed by atoms with E-state index in [1.807, 2.05) is 0 Å². The second kappa shape index (κ2) is 6.55. The van der Waals surface area contributed by atoms with Gasteiger partial charge in [-0.1, -0.05) is 56.3 Å². The quantitative estimate of drug-likeness (QED) is 0.721. The Kier molecular flexibility index (Phi) is 4.77. The molecule has 0 heterocycles. The van der Waals surface area contributed by atoms with Crippen molar-refractivity contribution in [3.63, 3.8) is 0 Å². The van der Waals surface area contributed by atoms with Crippen molar-refractivity contribution in [2.75, 3.05) is 13.1 Å². The number of hydrogen-bond donors (Lipinski definition) is 0. The fourth-order valence-corrected chi connectivity index (χ4v) is 2.57. The molecule has 0 aliphatic heterocycles. The second-order valence-corrected chi connectivity index (χ2v) is 4.91. The first-order valence-corrected chi connectivity index (χ1v) is 7.04. The van der Waals surface area contributed by atoms with Crippen LogP contribution in [0.25, 0.3) is 10.8 Å². The lowest BCUT2D eigenvalue weighted by atomic mass is 10.0. The summed E-state index contributed by atoms with van der Waals surface area (Å²) in [6.45, 7) is 7.97. The summed E-state index contributed by atoms with van der Waals surface area (Å²) in [5.41, 5.74) is 1.45. The van der Waals surface area contributed by atoms with Crippen LogP contribution >= 0.6 is 0 Å². The van der Waals surface area contributed by atoms with Crippen LogP contribution in [0, 0.1) is 0 Å². The van der Waals surface area contributed by atoms with E-state index in [0.717, 1.165) is 6.54 Å². The summed E-state index contributed by atoms with van der Waals surface area (Å²) in [5, 5.41) is 2.75. The number of hydrogen-bond acceptors (Lipinski definition) is 1. The Morgan fingerprint density at radius 1 is 0.833 bits per heavy atom. The molecule has 0 saturated carbocycles. The molecule has 0 spiro atoms. The van der Waals surface area contributed by atoms with E-state index in [2.05, 4.69) is 61.2 Å². The van der Waals surface area contributed by atoms with Gasteiger partial charge in [-0.2, -0.15) is 0 Å². The normalized spacial score (nSPS) is 11.3. The number of nitrogens with zero attached hydrogens (tertiary/aromatic N) is 1. The van der Waals surface area contributed by atoms with E-state index in [1.165, 1.54) is 42.3 Å². The highest BCUT2D eigenvalue weighted by Crippen LogP contribution is 2.20. The van der Waals surface area contributed by atoms with Crippen LogP contribution in [-0.2, 0) is 6.54 Å². The van der Waals surface area contributed by atoms with Crippen molar-refractivity contribution in [2.24, 2.45) is 0 Å². The van der Waals surface area contributed by atoms with Gasteiger partial charge in [-0.25, -0.2) is 0 Å². The Morgan fingerprint density at radius 2 is 1.50 bits per heavy atom. The van der Waals surface area contributed by atoms with Crippen LogP contribution in [0.3, 0.4) is 0 Å². The van der Waals surface area contributed by atoms with Crippen molar-refractivity contribution < 1.29 is 0 Å². The molecule has 0 bridgehead atoms. The zero-order valence-corrected chi connectivity index (χ0v) is 11.5. The van der Waals surface area contributed by atoms with E-state index in [9.17, 15) is 0 Å². The third-order valence-electron chi connectivity index (χ3n) is 3.35. The van der Waals surface area contributed by atoms with Crippen LogP contribution < -0.4 is 0 Å². The summed E-state index contributed by atoms with van der Waals surface area (Å²) in [5.74, 6) is 0. The minimum absolute atomic E-state index is 1.07. The molecule has 18 heavy (non-hydrogen) atoms. The average molecular weight is 241 g/mol. The van der Waals surface area contributed by atoms with Crippen molar-refractivity contribution in [3.8, 4) is 0 Å². The maximum atomic E-state index is 2.56. The monoisotopic (exact) mass is 241 g/mol. The van der Waals surface area contributed by atoms with Crippen molar-refractivity contribution in [3.05, 3.63) is 48.0 Å². The third-order valence-corrected chi connectivity index (χ3v) is 3.35. The molecule has 2 rings (SSSR count). The molecule has 96 valence electrons. The topological polar surface area (TPSA) is 3.24 Å². The van der Waals surface area contributed by atoms with Gasteiger partial charge in [0.2, 0.25) is 0 Å². The minimum Gasteiger partial charge on any atom is -0.299 e. The first-order chi connectivity index (χ1) is 8.85. The van der Waals surface area contributed by atoms with Crippen molar-refractivity contribution >= 4 is 10.8 Å². The molecule has 2 aromatic rings. The standard InChI is InChI=1S/C17H23N/c1-3-12-18(13-4-2)14-16-10-7-9-15-8-5-6-11-17(15)16/h5-11H,3-4,12-14H2,1-2H3. The van der Waals surface area contributed by atoms with Gasteiger partial charge in [-0.3, -0.25) is 4.90 Å². The number of rotatable bonds is 6. The van der Waals surface area contributed by atoms with Crippen molar-refractivity contribution in [1.29, 1.82) is 0 Å². The highest BCUT2D eigenvalue weighted by Gasteiger charge is 2.06. The second-order valence-electron chi connectivity index (χ2n) is 4.91. The van der Waals surface area contributed by atoms with Gasteiger partial charge >= 0.3 is 0 Å². The predicted octanol–water partition coefficient (Wildman–Crippen LogP) is 4.46. The average Bonchev–Trinajstić information content (AvgIpc) is 2.40. The van der Waals surface area contributed by atoms with Crippen LogP contribution in [0.4, 0.5) is 0 Å². The van der Waals surface area contributed by atoms with Gasteiger partial charge in [0.15, 0.2) is 0 Å².